The molecule has 0 aliphatic heterocycles. The second-order valence-electron chi connectivity index (χ2n) is 6.37. The summed E-state index contributed by atoms with van der Waals surface area (Å²) in [5.41, 5.74) is -1.00. The van der Waals surface area contributed by atoms with Crippen LogP contribution in [0.3, 0.4) is 0 Å². The van der Waals surface area contributed by atoms with Crippen LogP contribution in [0.2, 0.25) is 0 Å². The molecular weight excluding hydrogens is 258 g/mol. The summed E-state index contributed by atoms with van der Waals surface area (Å²) in [6.45, 7) is 15.1. The van der Waals surface area contributed by atoms with Crippen LogP contribution in [0.4, 0.5) is 0 Å². The predicted molar refractivity (Wildman–Crippen MR) is 79.8 cm³/mol. The molecule has 5 nitrogen and oxygen atoms in total. The first kappa shape index (κ1) is 19.4. The third-order valence-electron chi connectivity index (χ3n) is 2.49. The number of ether oxygens (including phenoxy) is 3. The van der Waals surface area contributed by atoms with Gasteiger partial charge < -0.3 is 14.2 Å². The lowest BCUT2D eigenvalue weighted by Crippen LogP contribution is -2.56. The Labute approximate surface area is 123 Å². The summed E-state index contributed by atoms with van der Waals surface area (Å²) in [7, 11) is 0. The predicted octanol–water partition coefficient (Wildman–Crippen LogP) is 2.14. The van der Waals surface area contributed by atoms with Crippen molar-refractivity contribution in [1.29, 1.82) is 0 Å². The van der Waals surface area contributed by atoms with Crippen molar-refractivity contribution in [2.45, 2.75) is 65.6 Å². The average Bonchev–Trinajstić information content (AvgIpc) is 2.26. The summed E-state index contributed by atoms with van der Waals surface area (Å²) in [5, 5.41) is 3.21. The Morgan fingerprint density at radius 1 is 1.15 bits per heavy atom. The maximum absolute atomic E-state index is 12.0. The van der Waals surface area contributed by atoms with E-state index >= 15 is 0 Å². The number of rotatable bonds is 9. The highest BCUT2D eigenvalue weighted by Gasteiger charge is 2.35. The van der Waals surface area contributed by atoms with E-state index in [2.05, 4.69) is 5.32 Å². The minimum atomic E-state index is -0.827. The molecule has 1 unspecified atom stereocenters. The standard InChI is InChI=1S/C15H31NO4/c1-8-19-13(17)15(7,16-12(2)3)11-18-9-10-20-14(4,5)6/h12,16H,8-11H2,1-7H3. The number of nitrogens with one attached hydrogen (secondary N) is 1. The van der Waals surface area contributed by atoms with Crippen LogP contribution in [0, 0.1) is 0 Å². The van der Waals surface area contributed by atoms with Crippen LogP contribution in [0.15, 0.2) is 0 Å². The highest BCUT2D eigenvalue weighted by Crippen LogP contribution is 2.10. The van der Waals surface area contributed by atoms with Gasteiger partial charge in [-0.1, -0.05) is 0 Å². The van der Waals surface area contributed by atoms with Crippen LogP contribution in [0.1, 0.15) is 48.5 Å². The zero-order chi connectivity index (χ0) is 15.8. The smallest absolute Gasteiger partial charge is 0.328 e. The first-order chi connectivity index (χ1) is 9.10. The first-order valence-electron chi connectivity index (χ1n) is 7.27. The van der Waals surface area contributed by atoms with Gasteiger partial charge in [0.05, 0.1) is 32.0 Å². The second kappa shape index (κ2) is 8.60. The molecule has 0 heterocycles. The number of carbonyl (C=O) groups is 1. The molecule has 0 amide bonds. The molecule has 0 fully saturated rings. The lowest BCUT2D eigenvalue weighted by molar-refractivity contribution is -0.154. The van der Waals surface area contributed by atoms with Crippen LogP contribution in [-0.2, 0) is 19.0 Å². The molecule has 5 heteroatoms. The summed E-state index contributed by atoms with van der Waals surface area (Å²) in [6.07, 6.45) is 0. The minimum Gasteiger partial charge on any atom is -0.465 e. The van der Waals surface area contributed by atoms with E-state index < -0.39 is 5.54 Å². The molecule has 1 atom stereocenters. The van der Waals surface area contributed by atoms with Crippen LogP contribution in [0.5, 0.6) is 0 Å². The van der Waals surface area contributed by atoms with E-state index in [9.17, 15) is 4.79 Å². The van der Waals surface area contributed by atoms with Crippen LogP contribution < -0.4 is 5.32 Å². The Bertz CT molecular complexity index is 286. The van der Waals surface area contributed by atoms with Gasteiger partial charge in [-0.25, -0.2) is 4.79 Å². The quantitative estimate of drug-likeness (QED) is 0.520. The number of carbonyl (C=O) groups excluding carboxylic acids is 1. The van der Waals surface area contributed by atoms with Gasteiger partial charge in [0.2, 0.25) is 0 Å². The molecule has 0 bridgehead atoms. The van der Waals surface area contributed by atoms with Gasteiger partial charge in [0, 0.05) is 6.04 Å². The van der Waals surface area contributed by atoms with Crippen molar-refractivity contribution in [3.63, 3.8) is 0 Å². The normalized spacial score (nSPS) is 15.2. The maximum atomic E-state index is 12.0. The summed E-state index contributed by atoms with van der Waals surface area (Å²) < 4.78 is 16.3. The van der Waals surface area contributed by atoms with E-state index in [1.807, 2.05) is 34.6 Å². The van der Waals surface area contributed by atoms with E-state index in [0.29, 0.717) is 19.8 Å². The molecule has 0 saturated heterocycles. The molecular formula is C15H31NO4. The fourth-order valence-corrected chi connectivity index (χ4v) is 1.77. The fourth-order valence-electron chi connectivity index (χ4n) is 1.77. The third-order valence-corrected chi connectivity index (χ3v) is 2.49. The zero-order valence-corrected chi connectivity index (χ0v) is 14.0. The Kier molecular flexibility index (Phi) is 8.32. The molecule has 0 radical (unpaired) electrons. The Morgan fingerprint density at radius 2 is 1.75 bits per heavy atom. The van der Waals surface area contributed by atoms with E-state index in [4.69, 9.17) is 14.2 Å². The minimum absolute atomic E-state index is 0.166. The van der Waals surface area contributed by atoms with Gasteiger partial charge >= 0.3 is 5.97 Å². The average molecular weight is 289 g/mol. The van der Waals surface area contributed by atoms with Gasteiger partial charge in [0.25, 0.3) is 0 Å². The molecule has 20 heavy (non-hydrogen) atoms. The summed E-state index contributed by atoms with van der Waals surface area (Å²) in [5.74, 6) is -0.287. The molecule has 0 aromatic rings. The Balaban J connectivity index is 4.27. The highest BCUT2D eigenvalue weighted by atomic mass is 16.5. The molecule has 0 aromatic heterocycles. The van der Waals surface area contributed by atoms with E-state index in [1.54, 1.807) is 13.8 Å². The maximum Gasteiger partial charge on any atom is 0.328 e. The van der Waals surface area contributed by atoms with Crippen molar-refractivity contribution in [3.8, 4) is 0 Å². The molecule has 0 aliphatic rings. The van der Waals surface area contributed by atoms with Gasteiger partial charge in [-0.2, -0.15) is 0 Å². The Morgan fingerprint density at radius 3 is 2.20 bits per heavy atom. The van der Waals surface area contributed by atoms with Crippen molar-refractivity contribution in [3.05, 3.63) is 0 Å². The number of esters is 1. The van der Waals surface area contributed by atoms with Gasteiger partial charge in [0.15, 0.2) is 0 Å². The highest BCUT2D eigenvalue weighted by molar-refractivity contribution is 5.80. The SMILES string of the molecule is CCOC(=O)C(C)(COCCOC(C)(C)C)NC(C)C. The monoisotopic (exact) mass is 289 g/mol. The van der Waals surface area contributed by atoms with Crippen molar-refractivity contribution < 1.29 is 19.0 Å². The molecule has 0 aliphatic carbocycles. The van der Waals surface area contributed by atoms with Crippen molar-refractivity contribution in [2.24, 2.45) is 0 Å². The molecule has 120 valence electrons. The van der Waals surface area contributed by atoms with Gasteiger partial charge in [-0.15, -0.1) is 0 Å². The fraction of sp³-hybridized carbons (Fsp3) is 0.933. The number of hydrogen-bond donors (Lipinski definition) is 1. The van der Waals surface area contributed by atoms with E-state index in [1.165, 1.54) is 0 Å². The van der Waals surface area contributed by atoms with Crippen molar-refractivity contribution in [2.75, 3.05) is 26.4 Å². The first-order valence-corrected chi connectivity index (χ1v) is 7.27. The van der Waals surface area contributed by atoms with Crippen LogP contribution in [0.25, 0.3) is 0 Å². The lowest BCUT2D eigenvalue weighted by Gasteiger charge is -2.30. The van der Waals surface area contributed by atoms with Gasteiger partial charge in [0.1, 0.15) is 5.54 Å². The van der Waals surface area contributed by atoms with E-state index in [0.717, 1.165) is 0 Å². The molecule has 0 spiro atoms. The van der Waals surface area contributed by atoms with Crippen LogP contribution >= 0.6 is 0 Å². The lowest BCUT2D eigenvalue weighted by atomic mass is 10.0. The van der Waals surface area contributed by atoms with Crippen LogP contribution in [-0.4, -0.2) is 49.6 Å². The Hall–Kier alpha value is -0.650. The summed E-state index contributed by atoms with van der Waals surface area (Å²) in [6, 6.07) is 0.166. The van der Waals surface area contributed by atoms with Gasteiger partial charge in [-0.05, 0) is 48.5 Å². The topological polar surface area (TPSA) is 56.8 Å². The van der Waals surface area contributed by atoms with Crippen molar-refractivity contribution >= 4 is 5.97 Å². The van der Waals surface area contributed by atoms with Crippen molar-refractivity contribution in [1.82, 2.24) is 5.32 Å². The largest absolute Gasteiger partial charge is 0.465 e. The molecule has 0 rings (SSSR count). The van der Waals surface area contributed by atoms with E-state index in [-0.39, 0.29) is 24.2 Å². The summed E-state index contributed by atoms with van der Waals surface area (Å²) >= 11 is 0. The molecule has 1 N–H and O–H groups in total. The third kappa shape index (κ3) is 8.51. The molecule has 0 aromatic carbocycles. The zero-order valence-electron chi connectivity index (χ0n) is 14.0. The summed E-state index contributed by atoms with van der Waals surface area (Å²) in [4.78, 5) is 12.0. The van der Waals surface area contributed by atoms with Gasteiger partial charge in [-0.3, -0.25) is 5.32 Å². The molecule has 0 saturated carbocycles. The number of hydrogen-bond acceptors (Lipinski definition) is 5. The second-order valence-corrected chi connectivity index (χ2v) is 6.37.